The van der Waals surface area contributed by atoms with Gasteiger partial charge in [-0.05, 0) is 21.1 Å². The van der Waals surface area contributed by atoms with Crippen LogP contribution in [0.5, 0.6) is 0 Å². The van der Waals surface area contributed by atoms with Gasteiger partial charge in [-0.2, -0.15) is 0 Å². The normalized spacial score (nSPS) is 9.81. The Morgan fingerprint density at radius 2 is 2.50 bits per heavy atom. The Bertz CT molecular complexity index is 516. The van der Waals surface area contributed by atoms with Gasteiger partial charge in [-0.15, -0.1) is 5.10 Å². The van der Waals surface area contributed by atoms with Gasteiger partial charge in [0.2, 0.25) is 11.9 Å². The number of nitrogens with zero attached hydrogens (tertiary/aromatic N) is 10. The van der Waals surface area contributed by atoms with Crippen molar-refractivity contribution in [3.63, 3.8) is 0 Å². The van der Waals surface area contributed by atoms with Crippen LogP contribution >= 0.6 is 0 Å². The average molecular weight is 221 g/mol. The zero-order chi connectivity index (χ0) is 11.4. The highest BCUT2D eigenvalue weighted by Crippen LogP contribution is 2.02. The van der Waals surface area contributed by atoms with Gasteiger partial charge in [0.1, 0.15) is 13.0 Å². The summed E-state index contributed by atoms with van der Waals surface area (Å²) in [6, 6.07) is 0. The molecule has 0 radical (unpaired) electrons. The number of anilines is 1. The highest BCUT2D eigenvalue weighted by molar-refractivity contribution is 5.19. The van der Waals surface area contributed by atoms with Crippen molar-refractivity contribution in [1.82, 2.24) is 35.0 Å². The molecule has 0 amide bonds. The Morgan fingerprint density at radius 3 is 3.19 bits per heavy atom. The van der Waals surface area contributed by atoms with Gasteiger partial charge in [-0.1, -0.05) is 5.10 Å². The predicted octanol–water partition coefficient (Wildman–Crippen LogP) is -0.187. The van der Waals surface area contributed by atoms with Gasteiger partial charge < -0.3 is 5.32 Å². The fraction of sp³-hybridized carbons (Fsp3) is 0.400. The molecule has 2 heterocycles. The molecule has 0 aliphatic rings. The zero-order valence-corrected chi connectivity index (χ0v) is 8.26. The third-order valence-electron chi connectivity index (χ3n) is 1.68. The molecule has 0 spiro atoms. The molecule has 2 rings (SSSR count). The van der Waals surface area contributed by atoms with Gasteiger partial charge in [0, 0.05) is 12.0 Å². The predicted molar refractivity (Wildman–Crippen MR) is 51.2 cm³/mol. The summed E-state index contributed by atoms with van der Waals surface area (Å²) in [5.74, 6) is 0.571. The lowest BCUT2D eigenvalue weighted by Gasteiger charge is -2.02. The summed E-state index contributed by atoms with van der Waals surface area (Å²) >= 11 is 0. The molecule has 0 saturated carbocycles. The Morgan fingerprint density at radius 1 is 1.62 bits per heavy atom. The zero-order valence-electron chi connectivity index (χ0n) is 8.26. The van der Waals surface area contributed by atoms with E-state index in [9.17, 15) is 0 Å². The molecule has 2 aromatic heterocycles. The Kier molecular flexibility index (Phi) is 2.61. The number of hydrogen-bond donors (Lipinski definition) is 1. The first-order valence-electron chi connectivity index (χ1n) is 4.20. The minimum absolute atomic E-state index is 0.0698. The second kappa shape index (κ2) is 4.23. The number of azide groups is 1. The molecule has 0 aliphatic heterocycles. The number of nitrogens with one attached hydrogen (secondary N) is 1. The van der Waals surface area contributed by atoms with E-state index in [1.54, 1.807) is 7.05 Å². The van der Waals surface area contributed by atoms with E-state index in [2.05, 4.69) is 41.0 Å². The summed E-state index contributed by atoms with van der Waals surface area (Å²) in [6.45, 7) is 0.322. The Labute approximate surface area is 88.7 Å². The van der Waals surface area contributed by atoms with E-state index < -0.39 is 0 Å². The standard InChI is InChI=1S/C5H7N11/c1-15-5(10-13-14-15)8-3-16-2-7-4(11-16)9-12-6/h2H,3H2,1H3,(H,8,10,14). The van der Waals surface area contributed by atoms with Crippen molar-refractivity contribution in [2.24, 2.45) is 12.2 Å². The van der Waals surface area contributed by atoms with Gasteiger partial charge in [-0.3, -0.25) is 0 Å². The first-order chi connectivity index (χ1) is 7.79. The van der Waals surface area contributed by atoms with Gasteiger partial charge >= 0.3 is 0 Å². The fourth-order valence-corrected chi connectivity index (χ4v) is 0.978. The molecule has 2 aromatic rings. The molecule has 0 saturated heterocycles. The third kappa shape index (κ3) is 2.04. The van der Waals surface area contributed by atoms with Crippen molar-refractivity contribution in [2.75, 3.05) is 5.32 Å². The van der Waals surface area contributed by atoms with Gasteiger partial charge in [-0.25, -0.2) is 14.3 Å². The summed E-state index contributed by atoms with van der Waals surface area (Å²) in [7, 11) is 1.70. The topological polar surface area (TPSA) is 135 Å². The Hall–Kier alpha value is -2.68. The van der Waals surface area contributed by atoms with Crippen LogP contribution in [0.2, 0.25) is 0 Å². The summed E-state index contributed by atoms with van der Waals surface area (Å²) in [5, 5.41) is 20.9. The number of rotatable bonds is 4. The number of tetrazole rings is 1. The van der Waals surface area contributed by atoms with Gasteiger partial charge in [0.05, 0.1) is 0 Å². The van der Waals surface area contributed by atoms with E-state index >= 15 is 0 Å². The smallest absolute Gasteiger partial charge is 0.244 e. The van der Waals surface area contributed by atoms with E-state index in [-0.39, 0.29) is 5.95 Å². The summed E-state index contributed by atoms with van der Waals surface area (Å²) in [5.41, 5.74) is 8.17. The molecular formula is C5H7N11. The highest BCUT2D eigenvalue weighted by atomic mass is 15.6. The molecule has 0 bridgehead atoms. The minimum Gasteiger partial charge on any atom is -0.334 e. The van der Waals surface area contributed by atoms with Crippen molar-refractivity contribution < 1.29 is 0 Å². The molecular weight excluding hydrogens is 214 g/mol. The molecule has 0 aromatic carbocycles. The van der Waals surface area contributed by atoms with Crippen molar-refractivity contribution in [2.45, 2.75) is 6.67 Å². The van der Waals surface area contributed by atoms with Crippen LogP contribution in [0.1, 0.15) is 0 Å². The number of aryl methyl sites for hydroxylation is 1. The molecule has 1 N–H and O–H groups in total. The van der Waals surface area contributed by atoms with Crippen LogP contribution in [-0.4, -0.2) is 35.0 Å². The number of hydrogen-bond acceptors (Lipinski definition) is 7. The second-order valence-corrected chi connectivity index (χ2v) is 2.73. The Balaban J connectivity index is 1.99. The lowest BCUT2D eigenvalue weighted by atomic mass is 10.9. The van der Waals surface area contributed by atoms with E-state index in [4.69, 9.17) is 5.53 Å². The van der Waals surface area contributed by atoms with Crippen LogP contribution in [0.4, 0.5) is 11.9 Å². The van der Waals surface area contributed by atoms with Gasteiger partial charge in [0.25, 0.3) is 0 Å². The van der Waals surface area contributed by atoms with E-state index in [0.717, 1.165) is 0 Å². The molecule has 11 heteroatoms. The second-order valence-electron chi connectivity index (χ2n) is 2.73. The maximum absolute atomic E-state index is 8.17. The van der Waals surface area contributed by atoms with E-state index in [0.29, 0.717) is 12.6 Å². The quantitative estimate of drug-likeness (QED) is 0.431. The van der Waals surface area contributed by atoms with Crippen molar-refractivity contribution in [3.05, 3.63) is 16.8 Å². The van der Waals surface area contributed by atoms with Gasteiger partial charge in [0.15, 0.2) is 0 Å². The highest BCUT2D eigenvalue weighted by Gasteiger charge is 2.01. The van der Waals surface area contributed by atoms with Crippen LogP contribution in [0, 0.1) is 0 Å². The van der Waals surface area contributed by atoms with Crippen molar-refractivity contribution in [1.29, 1.82) is 0 Å². The van der Waals surface area contributed by atoms with Crippen LogP contribution in [0.25, 0.3) is 10.4 Å². The third-order valence-corrected chi connectivity index (χ3v) is 1.68. The summed E-state index contributed by atoms with van der Waals surface area (Å²) < 4.78 is 2.93. The summed E-state index contributed by atoms with van der Waals surface area (Å²) in [4.78, 5) is 6.33. The SMILES string of the molecule is Cn1nnnc1NCn1cnc(N=[N+]=[N-])n1. The molecule has 0 fully saturated rings. The van der Waals surface area contributed by atoms with E-state index in [1.807, 2.05) is 0 Å². The minimum atomic E-state index is 0.0698. The van der Waals surface area contributed by atoms with Crippen molar-refractivity contribution >= 4 is 11.9 Å². The molecule has 11 nitrogen and oxygen atoms in total. The number of aromatic nitrogens is 7. The van der Waals surface area contributed by atoms with Crippen LogP contribution in [-0.2, 0) is 13.7 Å². The average Bonchev–Trinajstić information content (AvgIpc) is 2.86. The van der Waals surface area contributed by atoms with Crippen LogP contribution in [0.3, 0.4) is 0 Å². The molecule has 82 valence electrons. The maximum Gasteiger partial charge on any atom is 0.244 e. The summed E-state index contributed by atoms with van der Waals surface area (Å²) in [6.07, 6.45) is 1.43. The molecule has 0 atom stereocenters. The lowest BCUT2D eigenvalue weighted by Crippen LogP contribution is -2.11. The van der Waals surface area contributed by atoms with Crippen LogP contribution < -0.4 is 5.32 Å². The molecule has 0 aliphatic carbocycles. The molecule has 16 heavy (non-hydrogen) atoms. The van der Waals surface area contributed by atoms with Crippen LogP contribution in [0.15, 0.2) is 11.4 Å². The maximum atomic E-state index is 8.17. The first kappa shape index (κ1) is 9.86. The lowest BCUT2D eigenvalue weighted by molar-refractivity contribution is 0.651. The largest absolute Gasteiger partial charge is 0.334 e. The molecule has 0 unspecified atom stereocenters. The van der Waals surface area contributed by atoms with Crippen molar-refractivity contribution in [3.8, 4) is 0 Å². The van der Waals surface area contributed by atoms with E-state index in [1.165, 1.54) is 15.7 Å². The first-order valence-corrected chi connectivity index (χ1v) is 4.20. The fourth-order valence-electron chi connectivity index (χ4n) is 0.978. The monoisotopic (exact) mass is 221 g/mol.